The van der Waals surface area contributed by atoms with E-state index in [9.17, 15) is 13.2 Å². The van der Waals surface area contributed by atoms with E-state index in [1.807, 2.05) is 4.90 Å². The molecular formula is C16H20N4O3S. The Bertz CT molecular complexity index is 808. The molecule has 2 N–H and O–H groups in total. The predicted octanol–water partition coefficient (Wildman–Crippen LogP) is -0.209. The molecule has 3 aliphatic heterocycles. The molecule has 0 aliphatic carbocycles. The first-order chi connectivity index (χ1) is 11.5. The Morgan fingerprint density at radius 2 is 1.92 bits per heavy atom. The summed E-state index contributed by atoms with van der Waals surface area (Å²) in [5.41, 5.74) is 0.527. The Kier molecular flexibility index (Phi) is 3.61. The molecule has 1 amide bonds. The van der Waals surface area contributed by atoms with Crippen molar-refractivity contribution in [2.45, 2.75) is 17.9 Å². The summed E-state index contributed by atoms with van der Waals surface area (Å²) >= 11 is 0. The molecule has 2 fully saturated rings. The van der Waals surface area contributed by atoms with Crippen molar-refractivity contribution in [3.05, 3.63) is 29.8 Å². The van der Waals surface area contributed by atoms with Crippen molar-refractivity contribution in [3.63, 3.8) is 0 Å². The summed E-state index contributed by atoms with van der Waals surface area (Å²) in [6.45, 7) is 5.16. The molecule has 2 saturated heterocycles. The largest absolute Gasteiger partial charge is 0.340 e. The molecule has 1 aromatic rings. The van der Waals surface area contributed by atoms with Gasteiger partial charge in [-0.25, -0.2) is 8.42 Å². The quantitative estimate of drug-likeness (QED) is 0.774. The minimum Gasteiger partial charge on any atom is -0.340 e. The molecule has 0 aromatic heterocycles. The molecule has 0 saturated carbocycles. The van der Waals surface area contributed by atoms with Crippen LogP contribution in [-0.4, -0.2) is 57.3 Å². The van der Waals surface area contributed by atoms with Crippen LogP contribution in [0.4, 0.5) is 0 Å². The lowest BCUT2D eigenvalue weighted by molar-refractivity contribution is -0.131. The normalized spacial score (nSPS) is 30.0. The average Bonchev–Trinajstić information content (AvgIpc) is 3.20. The van der Waals surface area contributed by atoms with E-state index in [2.05, 4.69) is 15.0 Å². The maximum absolute atomic E-state index is 12.7. The summed E-state index contributed by atoms with van der Waals surface area (Å²) in [5.74, 6) is 1.27. The molecule has 8 heteroatoms. The van der Waals surface area contributed by atoms with Crippen LogP contribution in [-0.2, 0) is 14.8 Å². The van der Waals surface area contributed by atoms with Crippen LogP contribution < -0.4 is 10.0 Å². The number of likely N-dealkylation sites (tertiary alicyclic amines) is 1. The number of carbonyl (C=O) groups excluding carboxylic acids is 1. The van der Waals surface area contributed by atoms with Gasteiger partial charge >= 0.3 is 0 Å². The fourth-order valence-electron chi connectivity index (χ4n) is 3.78. The minimum atomic E-state index is -3.57. The summed E-state index contributed by atoms with van der Waals surface area (Å²) in [6, 6.07) is 6.07. The number of nitrogens with one attached hydrogen (secondary N) is 2. The van der Waals surface area contributed by atoms with Gasteiger partial charge in [0.15, 0.2) is 0 Å². The Morgan fingerprint density at radius 3 is 2.62 bits per heavy atom. The third-order valence-electron chi connectivity index (χ3n) is 5.04. The second kappa shape index (κ2) is 5.56. The zero-order chi connectivity index (χ0) is 16.9. The first-order valence-corrected chi connectivity index (χ1v) is 9.63. The van der Waals surface area contributed by atoms with Crippen molar-refractivity contribution >= 4 is 21.8 Å². The van der Waals surface area contributed by atoms with E-state index < -0.39 is 16.1 Å². The second-order valence-corrected chi connectivity index (χ2v) is 8.33. The Labute approximate surface area is 141 Å². The van der Waals surface area contributed by atoms with E-state index in [1.54, 1.807) is 31.2 Å². The van der Waals surface area contributed by atoms with Crippen molar-refractivity contribution in [1.29, 1.82) is 0 Å². The highest BCUT2D eigenvalue weighted by Gasteiger charge is 2.39. The number of carbonyl (C=O) groups is 1. The van der Waals surface area contributed by atoms with E-state index in [-0.39, 0.29) is 16.6 Å². The van der Waals surface area contributed by atoms with E-state index >= 15 is 0 Å². The van der Waals surface area contributed by atoms with Crippen molar-refractivity contribution in [2.24, 2.45) is 16.8 Å². The van der Waals surface area contributed by atoms with Crippen LogP contribution in [0.2, 0.25) is 0 Å². The molecule has 4 rings (SSSR count). The van der Waals surface area contributed by atoms with Crippen LogP contribution in [0.5, 0.6) is 0 Å². The van der Waals surface area contributed by atoms with Crippen molar-refractivity contribution < 1.29 is 13.2 Å². The summed E-state index contributed by atoms with van der Waals surface area (Å²) in [5, 5.41) is 3.35. The maximum Gasteiger partial charge on any atom is 0.263 e. The molecular weight excluding hydrogens is 328 g/mol. The molecule has 3 aliphatic rings. The fraction of sp³-hybridized carbons (Fsp3) is 0.500. The van der Waals surface area contributed by atoms with E-state index in [1.165, 1.54) is 0 Å². The van der Waals surface area contributed by atoms with Gasteiger partial charge in [0.25, 0.3) is 10.0 Å². The highest BCUT2D eigenvalue weighted by atomic mass is 32.2. The van der Waals surface area contributed by atoms with Gasteiger partial charge in [0, 0.05) is 31.7 Å². The van der Waals surface area contributed by atoms with Crippen LogP contribution in [0.25, 0.3) is 0 Å². The third kappa shape index (κ3) is 2.50. The van der Waals surface area contributed by atoms with Gasteiger partial charge in [0.05, 0.1) is 4.90 Å². The first-order valence-electron chi connectivity index (χ1n) is 8.15. The number of hydrogen-bond acceptors (Lipinski definition) is 5. The van der Waals surface area contributed by atoms with Gasteiger partial charge in [-0.1, -0.05) is 12.1 Å². The number of amidine groups is 1. The Hall–Kier alpha value is -1.93. The van der Waals surface area contributed by atoms with Crippen molar-refractivity contribution in [1.82, 2.24) is 14.9 Å². The van der Waals surface area contributed by atoms with Gasteiger partial charge < -0.3 is 10.2 Å². The third-order valence-corrected chi connectivity index (χ3v) is 6.44. The monoisotopic (exact) mass is 348 g/mol. The van der Waals surface area contributed by atoms with Crippen LogP contribution in [0, 0.1) is 11.8 Å². The topological polar surface area (TPSA) is 90.9 Å². The lowest BCUT2D eigenvalue weighted by Gasteiger charge is -2.20. The lowest BCUT2D eigenvalue weighted by Crippen LogP contribution is -2.38. The fourth-order valence-corrected chi connectivity index (χ4v) is 5.02. The van der Waals surface area contributed by atoms with Gasteiger partial charge in [-0.2, -0.15) is 0 Å². The lowest BCUT2D eigenvalue weighted by atomic mass is 10.0. The van der Waals surface area contributed by atoms with E-state index in [0.29, 0.717) is 17.4 Å². The standard InChI is InChI=1S/C16H20N4O3S/c1-10(16(21)20-8-11-6-17-7-12(11)9-20)18-15-13-4-2-3-5-14(13)24(22,23)19-15/h2-5,10-12,17H,6-9H2,1H3,(H,18,19)/t10?,11-,12+. The van der Waals surface area contributed by atoms with Gasteiger partial charge in [-0.15, -0.1) is 0 Å². The van der Waals surface area contributed by atoms with Crippen LogP contribution >= 0.6 is 0 Å². The zero-order valence-electron chi connectivity index (χ0n) is 13.4. The number of aliphatic imine (C=N–C) groups is 1. The zero-order valence-corrected chi connectivity index (χ0v) is 14.2. The minimum absolute atomic E-state index is 0.0412. The number of rotatable bonds is 2. The predicted molar refractivity (Wildman–Crippen MR) is 89.2 cm³/mol. The van der Waals surface area contributed by atoms with Crippen LogP contribution in [0.15, 0.2) is 34.2 Å². The summed E-state index contributed by atoms with van der Waals surface area (Å²) in [4.78, 5) is 19.1. The molecule has 0 spiro atoms. The molecule has 3 heterocycles. The molecule has 1 aromatic carbocycles. The summed E-state index contributed by atoms with van der Waals surface area (Å²) in [7, 11) is -3.57. The van der Waals surface area contributed by atoms with Crippen LogP contribution in [0.1, 0.15) is 12.5 Å². The van der Waals surface area contributed by atoms with Gasteiger partial charge in [0.2, 0.25) is 5.91 Å². The Morgan fingerprint density at radius 1 is 1.25 bits per heavy atom. The maximum atomic E-state index is 12.7. The van der Waals surface area contributed by atoms with Gasteiger partial charge in [0.1, 0.15) is 11.9 Å². The molecule has 1 unspecified atom stereocenters. The van der Waals surface area contributed by atoms with Crippen LogP contribution in [0.3, 0.4) is 0 Å². The van der Waals surface area contributed by atoms with Crippen molar-refractivity contribution in [2.75, 3.05) is 26.2 Å². The molecule has 0 radical (unpaired) electrons. The van der Waals surface area contributed by atoms with Gasteiger partial charge in [-0.3, -0.25) is 14.5 Å². The molecule has 7 nitrogen and oxygen atoms in total. The second-order valence-electron chi connectivity index (χ2n) is 6.68. The number of nitrogens with zero attached hydrogens (tertiary/aromatic N) is 2. The number of amides is 1. The van der Waals surface area contributed by atoms with Gasteiger partial charge in [-0.05, 0) is 30.9 Å². The highest BCUT2D eigenvalue weighted by Crippen LogP contribution is 2.27. The van der Waals surface area contributed by atoms with Crippen molar-refractivity contribution in [3.8, 4) is 0 Å². The average molecular weight is 348 g/mol. The molecule has 0 bridgehead atoms. The SMILES string of the molecule is CC(N=C1NS(=O)(=O)c2ccccc21)C(=O)N1C[C@H]2CNC[C@H]2C1. The molecule has 3 atom stereocenters. The smallest absolute Gasteiger partial charge is 0.263 e. The number of benzene rings is 1. The van der Waals surface area contributed by atoms with E-state index in [4.69, 9.17) is 0 Å². The highest BCUT2D eigenvalue weighted by molar-refractivity contribution is 7.90. The summed E-state index contributed by atoms with van der Waals surface area (Å²) in [6.07, 6.45) is 0. The van der Waals surface area contributed by atoms with E-state index in [0.717, 1.165) is 26.2 Å². The first kappa shape index (κ1) is 15.6. The Balaban J connectivity index is 1.55. The molecule has 128 valence electrons. The summed E-state index contributed by atoms with van der Waals surface area (Å²) < 4.78 is 26.7. The number of hydrogen-bond donors (Lipinski definition) is 2. The number of sulfonamides is 1. The number of fused-ring (bicyclic) bond motifs is 2. The molecule has 24 heavy (non-hydrogen) atoms.